The smallest absolute Gasteiger partial charge is 0.106 e. The summed E-state index contributed by atoms with van der Waals surface area (Å²) in [7, 11) is 0.327. The molecule has 9 aromatic carbocycles. The molecular formula is C54H42N2S. The number of nitrogens with zero attached hydrogens (tertiary/aromatic N) is 2. The molecule has 10 rings (SSSR count). The van der Waals surface area contributed by atoms with Crippen LogP contribution in [0.15, 0.2) is 220 Å². The fourth-order valence-electron chi connectivity index (χ4n) is 8.91. The van der Waals surface area contributed by atoms with Crippen LogP contribution >= 0.6 is 10.0 Å². The van der Waals surface area contributed by atoms with Crippen LogP contribution in [0.2, 0.25) is 0 Å². The molecule has 10 aromatic rings. The summed E-state index contributed by atoms with van der Waals surface area (Å²) in [6, 6.07) is 74.2. The molecule has 1 aromatic heterocycles. The van der Waals surface area contributed by atoms with Crippen molar-refractivity contribution in [2.75, 3.05) is 0 Å². The highest BCUT2D eigenvalue weighted by atomic mass is 32.3. The summed E-state index contributed by atoms with van der Waals surface area (Å²) in [6.07, 6.45) is 0. The molecule has 3 heteroatoms. The summed E-state index contributed by atoms with van der Waals surface area (Å²) in [5, 5.41) is 5.00. The summed E-state index contributed by atoms with van der Waals surface area (Å²) in [5.41, 5.74) is 10.8. The molecule has 0 atom stereocenters. The summed E-state index contributed by atoms with van der Waals surface area (Å²) in [6.45, 7) is 4.23. The zero-order chi connectivity index (χ0) is 38.5. The van der Waals surface area contributed by atoms with Gasteiger partial charge in [0, 0.05) is 32.2 Å². The van der Waals surface area contributed by atoms with Crippen molar-refractivity contribution in [3.05, 3.63) is 212 Å². The second-order valence-corrected chi connectivity index (χ2v) is 18.0. The van der Waals surface area contributed by atoms with Crippen molar-refractivity contribution in [3.63, 3.8) is 0 Å². The maximum atomic E-state index is 4.85. The zero-order valence-electron chi connectivity index (χ0n) is 32.4. The van der Waals surface area contributed by atoms with Crippen molar-refractivity contribution in [3.8, 4) is 33.4 Å². The molecule has 0 saturated heterocycles. The lowest BCUT2D eigenvalue weighted by atomic mass is 9.85. The van der Waals surface area contributed by atoms with Crippen molar-refractivity contribution < 1.29 is 0 Å². The maximum Gasteiger partial charge on any atom is 0.106 e. The van der Waals surface area contributed by atoms with E-state index in [2.05, 4.69) is 226 Å². The Morgan fingerprint density at radius 1 is 0.404 bits per heavy atom. The third-order valence-electron chi connectivity index (χ3n) is 11.5. The SMILES string of the molecule is Cc1cc(-c2ccc(-c3c4ccccc4c(-c4ccc(S(c5ccccc5)(c5ccccc5)c5ccccc5)cc4)c4ccccc34)cc2)c2c(c1)nc(C)n2C. The lowest BCUT2D eigenvalue weighted by Gasteiger charge is -2.42. The van der Waals surface area contributed by atoms with E-state index in [1.807, 2.05) is 0 Å². The van der Waals surface area contributed by atoms with Crippen molar-refractivity contribution in [1.82, 2.24) is 9.55 Å². The van der Waals surface area contributed by atoms with E-state index in [4.69, 9.17) is 4.98 Å². The van der Waals surface area contributed by atoms with Gasteiger partial charge in [-0.2, -0.15) is 0 Å². The highest BCUT2D eigenvalue weighted by Crippen LogP contribution is 2.73. The number of hydrogen-bond acceptors (Lipinski definition) is 1. The molecule has 0 aliphatic carbocycles. The van der Waals surface area contributed by atoms with Gasteiger partial charge in [0.05, 0.1) is 11.0 Å². The van der Waals surface area contributed by atoms with Gasteiger partial charge < -0.3 is 4.57 Å². The Hall–Kier alpha value is -6.68. The molecule has 1 heterocycles. The molecule has 0 aliphatic heterocycles. The molecule has 0 spiro atoms. The number of aryl methyl sites for hydroxylation is 3. The first kappa shape index (κ1) is 34.8. The van der Waals surface area contributed by atoms with Crippen LogP contribution in [-0.2, 0) is 7.05 Å². The Morgan fingerprint density at radius 3 is 1.21 bits per heavy atom. The highest BCUT2D eigenvalue weighted by Gasteiger charge is 2.33. The predicted molar refractivity (Wildman–Crippen MR) is 241 cm³/mol. The number of benzene rings is 9. The number of aromatic nitrogens is 2. The van der Waals surface area contributed by atoms with E-state index >= 15 is 0 Å². The Bertz CT molecular complexity index is 2900. The molecule has 274 valence electrons. The summed E-state index contributed by atoms with van der Waals surface area (Å²) < 4.78 is 2.20. The highest BCUT2D eigenvalue weighted by molar-refractivity contribution is 8.34. The maximum absolute atomic E-state index is 4.85. The topological polar surface area (TPSA) is 17.8 Å². The third-order valence-corrected chi connectivity index (χ3v) is 15.5. The number of fused-ring (bicyclic) bond motifs is 3. The second-order valence-electron chi connectivity index (χ2n) is 14.9. The molecule has 2 nitrogen and oxygen atoms in total. The monoisotopic (exact) mass is 750 g/mol. The molecule has 0 fully saturated rings. The van der Waals surface area contributed by atoms with Crippen LogP contribution in [-0.4, -0.2) is 9.55 Å². The van der Waals surface area contributed by atoms with E-state index < -0.39 is 10.0 Å². The van der Waals surface area contributed by atoms with E-state index in [1.54, 1.807) is 0 Å². The average Bonchev–Trinajstić information content (AvgIpc) is 3.55. The lowest BCUT2D eigenvalue weighted by Crippen LogP contribution is -2.05. The van der Waals surface area contributed by atoms with Gasteiger partial charge in [0.2, 0.25) is 0 Å². The zero-order valence-corrected chi connectivity index (χ0v) is 33.2. The molecule has 57 heavy (non-hydrogen) atoms. The van der Waals surface area contributed by atoms with Gasteiger partial charge in [0.1, 0.15) is 5.82 Å². The Labute approximate surface area is 336 Å². The summed E-state index contributed by atoms with van der Waals surface area (Å²) in [5.74, 6) is 1.02. The largest absolute Gasteiger partial charge is 0.331 e. The predicted octanol–water partition coefficient (Wildman–Crippen LogP) is 14.8. The Kier molecular flexibility index (Phi) is 8.61. The van der Waals surface area contributed by atoms with Crippen LogP contribution < -0.4 is 0 Å². The van der Waals surface area contributed by atoms with Crippen LogP contribution in [0.1, 0.15) is 11.4 Å². The van der Waals surface area contributed by atoms with E-state index in [0.29, 0.717) is 0 Å². The quantitative estimate of drug-likeness (QED) is 0.148. The lowest BCUT2D eigenvalue weighted by molar-refractivity contribution is 0.886. The van der Waals surface area contributed by atoms with Gasteiger partial charge in [-0.3, -0.25) is 0 Å². The van der Waals surface area contributed by atoms with Gasteiger partial charge >= 0.3 is 0 Å². The first-order valence-electron chi connectivity index (χ1n) is 19.6. The van der Waals surface area contributed by atoms with E-state index in [9.17, 15) is 0 Å². The van der Waals surface area contributed by atoms with Crippen molar-refractivity contribution in [1.29, 1.82) is 0 Å². The summed E-state index contributed by atoms with van der Waals surface area (Å²) in [4.78, 5) is 10.1. The Balaban J connectivity index is 1.14. The molecule has 0 unspecified atom stereocenters. The van der Waals surface area contributed by atoms with E-state index in [-0.39, 0.29) is 0 Å². The molecular weight excluding hydrogens is 709 g/mol. The van der Waals surface area contributed by atoms with Crippen molar-refractivity contribution >= 4 is 42.6 Å². The molecule has 0 bridgehead atoms. The van der Waals surface area contributed by atoms with Crippen LogP contribution in [0.25, 0.3) is 66.0 Å². The fraction of sp³-hybridized carbons (Fsp3) is 0.0556. The second kappa shape index (κ2) is 14.1. The van der Waals surface area contributed by atoms with Crippen LogP contribution in [0.5, 0.6) is 0 Å². The first-order valence-corrected chi connectivity index (χ1v) is 21.2. The first-order chi connectivity index (χ1) is 28.0. The van der Waals surface area contributed by atoms with Gasteiger partial charge in [-0.25, -0.2) is 4.98 Å². The minimum Gasteiger partial charge on any atom is -0.331 e. The van der Waals surface area contributed by atoms with E-state index in [1.165, 1.54) is 85.6 Å². The number of imidazole rings is 1. The molecule has 0 saturated carbocycles. The minimum atomic E-state index is -1.78. The van der Waals surface area contributed by atoms with Gasteiger partial charge in [-0.1, -0.05) is 140 Å². The standard InChI is InChI=1S/C54H42N2S/c1-37-35-50(54-51(36-37)55-38(2)56(54)3)39-27-29-40(30-28-39)52-46-23-13-15-25-48(46)53(49-26-16-14-24-47(49)52)41-31-33-45(34-32-41)57(42-17-7-4-8-18-42,43-19-9-5-10-20-43)44-21-11-6-12-22-44/h4-36H,1-3H3. The fourth-order valence-corrected chi connectivity index (χ4v) is 12.8. The van der Waals surface area contributed by atoms with Crippen molar-refractivity contribution in [2.24, 2.45) is 7.05 Å². The third kappa shape index (κ3) is 5.69. The van der Waals surface area contributed by atoms with E-state index in [0.717, 1.165) is 11.3 Å². The van der Waals surface area contributed by atoms with Crippen LogP contribution in [0, 0.1) is 13.8 Å². The molecule has 0 aliphatic rings. The number of hydrogen-bond donors (Lipinski definition) is 0. The molecule has 0 radical (unpaired) electrons. The van der Waals surface area contributed by atoms with Crippen LogP contribution in [0.3, 0.4) is 0 Å². The minimum absolute atomic E-state index is 1.02. The number of rotatable bonds is 7. The van der Waals surface area contributed by atoms with Gasteiger partial charge in [-0.05, 0) is 129 Å². The average molecular weight is 751 g/mol. The normalized spacial score (nSPS) is 12.1. The molecule has 0 N–H and O–H groups in total. The van der Waals surface area contributed by atoms with Gasteiger partial charge in [0.25, 0.3) is 0 Å². The van der Waals surface area contributed by atoms with Gasteiger partial charge in [-0.15, -0.1) is 10.0 Å². The van der Waals surface area contributed by atoms with Gasteiger partial charge in [0.15, 0.2) is 0 Å². The van der Waals surface area contributed by atoms with Crippen molar-refractivity contribution in [2.45, 2.75) is 33.4 Å². The Morgan fingerprint density at radius 2 is 0.772 bits per heavy atom. The summed E-state index contributed by atoms with van der Waals surface area (Å²) >= 11 is 0. The van der Waals surface area contributed by atoms with Crippen LogP contribution in [0.4, 0.5) is 0 Å². The molecule has 0 amide bonds.